The summed E-state index contributed by atoms with van der Waals surface area (Å²) in [6.07, 6.45) is 1.35. The van der Waals surface area contributed by atoms with Crippen molar-refractivity contribution in [1.82, 2.24) is 10.4 Å². The fourth-order valence-corrected chi connectivity index (χ4v) is 2.30. The number of amides is 2. The van der Waals surface area contributed by atoms with Crippen LogP contribution in [0.25, 0.3) is 0 Å². The van der Waals surface area contributed by atoms with Gasteiger partial charge in [-0.1, -0.05) is 12.1 Å². The molecule has 1 atom stereocenters. The fraction of sp³-hybridized carbons (Fsp3) is 0.429. The lowest BCUT2D eigenvalue weighted by Crippen LogP contribution is -2.45. The molecule has 1 heterocycles. The van der Waals surface area contributed by atoms with Gasteiger partial charge in [0, 0.05) is 6.54 Å². The lowest BCUT2D eigenvalue weighted by Gasteiger charge is -2.24. The Balaban J connectivity index is 2.13. The third kappa shape index (κ3) is 2.91. The van der Waals surface area contributed by atoms with Crippen molar-refractivity contribution >= 4 is 11.8 Å². The predicted octanol–water partition coefficient (Wildman–Crippen LogP) is 1.06. The van der Waals surface area contributed by atoms with Crippen LogP contribution in [-0.2, 0) is 9.63 Å². The highest BCUT2D eigenvalue weighted by Gasteiger charge is 2.35. The van der Waals surface area contributed by atoms with Crippen LogP contribution in [0.15, 0.2) is 24.3 Å². The van der Waals surface area contributed by atoms with Gasteiger partial charge < -0.3 is 10.0 Å². The molecule has 2 rings (SSSR count). The number of nitrogens with zero attached hydrogens (tertiary/aromatic N) is 1. The number of hydrogen-bond acceptors (Lipinski definition) is 4. The predicted molar refractivity (Wildman–Crippen MR) is 71.9 cm³/mol. The van der Waals surface area contributed by atoms with Crippen LogP contribution in [0.3, 0.4) is 0 Å². The van der Waals surface area contributed by atoms with E-state index in [1.165, 1.54) is 11.0 Å². The smallest absolute Gasteiger partial charge is 0.266 e. The van der Waals surface area contributed by atoms with Crippen molar-refractivity contribution in [2.45, 2.75) is 25.8 Å². The van der Waals surface area contributed by atoms with Gasteiger partial charge in [-0.15, -0.1) is 0 Å². The zero-order valence-corrected chi connectivity index (χ0v) is 11.3. The van der Waals surface area contributed by atoms with E-state index in [1.54, 1.807) is 25.1 Å². The monoisotopic (exact) mass is 278 g/mol. The number of rotatable bonds is 4. The number of carbonyl (C=O) groups is 2. The van der Waals surface area contributed by atoms with E-state index in [4.69, 9.17) is 4.84 Å². The molecule has 0 aliphatic carbocycles. The van der Waals surface area contributed by atoms with Gasteiger partial charge in [0.2, 0.25) is 0 Å². The zero-order valence-electron chi connectivity index (χ0n) is 11.3. The molecule has 1 aromatic rings. The van der Waals surface area contributed by atoms with Gasteiger partial charge in [-0.3, -0.25) is 14.4 Å². The molecule has 20 heavy (non-hydrogen) atoms. The van der Waals surface area contributed by atoms with Gasteiger partial charge in [0.1, 0.15) is 11.8 Å². The summed E-state index contributed by atoms with van der Waals surface area (Å²) in [6.45, 7) is 2.63. The number of likely N-dealkylation sites (tertiary alicyclic amines) is 1. The summed E-state index contributed by atoms with van der Waals surface area (Å²) in [7, 11) is 0. The second-order valence-electron chi connectivity index (χ2n) is 4.57. The van der Waals surface area contributed by atoms with Gasteiger partial charge in [-0.05, 0) is 31.9 Å². The quantitative estimate of drug-likeness (QED) is 0.807. The molecule has 0 bridgehead atoms. The third-order valence-corrected chi connectivity index (χ3v) is 3.27. The second-order valence-corrected chi connectivity index (χ2v) is 4.57. The van der Waals surface area contributed by atoms with Crippen molar-refractivity contribution in [1.29, 1.82) is 0 Å². The molecule has 1 aliphatic heterocycles. The van der Waals surface area contributed by atoms with Crippen molar-refractivity contribution in [2.75, 3.05) is 13.2 Å². The molecule has 6 heteroatoms. The molecule has 0 radical (unpaired) electrons. The highest BCUT2D eigenvalue weighted by atomic mass is 16.6. The highest BCUT2D eigenvalue weighted by Crippen LogP contribution is 2.24. The summed E-state index contributed by atoms with van der Waals surface area (Å²) in [4.78, 5) is 30.7. The molecule has 1 aromatic carbocycles. The maximum Gasteiger partial charge on any atom is 0.266 e. The van der Waals surface area contributed by atoms with Gasteiger partial charge in [-0.2, -0.15) is 0 Å². The van der Waals surface area contributed by atoms with Crippen LogP contribution in [0.5, 0.6) is 5.75 Å². The van der Waals surface area contributed by atoms with E-state index in [0.29, 0.717) is 19.6 Å². The Morgan fingerprint density at radius 1 is 1.45 bits per heavy atom. The Bertz CT molecular complexity index is 504. The van der Waals surface area contributed by atoms with Gasteiger partial charge in [-0.25, -0.2) is 5.48 Å². The summed E-state index contributed by atoms with van der Waals surface area (Å²) < 4.78 is 0. The van der Waals surface area contributed by atoms with E-state index in [2.05, 4.69) is 5.48 Å². The minimum Gasteiger partial charge on any atom is -0.507 e. The van der Waals surface area contributed by atoms with E-state index in [9.17, 15) is 14.7 Å². The molecular formula is C14H18N2O4. The third-order valence-electron chi connectivity index (χ3n) is 3.27. The largest absolute Gasteiger partial charge is 0.507 e. The van der Waals surface area contributed by atoms with Crippen LogP contribution in [0.1, 0.15) is 30.1 Å². The summed E-state index contributed by atoms with van der Waals surface area (Å²) in [5.41, 5.74) is 2.54. The topological polar surface area (TPSA) is 78.9 Å². The normalized spacial score (nSPS) is 18.1. The Hall–Kier alpha value is -2.08. The van der Waals surface area contributed by atoms with Crippen LogP contribution in [-0.4, -0.2) is 41.0 Å². The summed E-state index contributed by atoms with van der Waals surface area (Å²) in [5, 5.41) is 9.73. The first-order valence-corrected chi connectivity index (χ1v) is 6.65. The molecule has 0 saturated carbocycles. The van der Waals surface area contributed by atoms with E-state index < -0.39 is 6.04 Å². The Morgan fingerprint density at radius 2 is 2.20 bits per heavy atom. The lowest BCUT2D eigenvalue weighted by atomic mass is 10.1. The minimum absolute atomic E-state index is 0.0756. The van der Waals surface area contributed by atoms with Crippen LogP contribution >= 0.6 is 0 Å². The first-order chi connectivity index (χ1) is 9.65. The van der Waals surface area contributed by atoms with Crippen molar-refractivity contribution in [3.63, 3.8) is 0 Å². The first-order valence-electron chi connectivity index (χ1n) is 6.65. The van der Waals surface area contributed by atoms with Crippen LogP contribution < -0.4 is 5.48 Å². The molecular weight excluding hydrogens is 260 g/mol. The molecule has 0 aromatic heterocycles. The van der Waals surface area contributed by atoms with Crippen LogP contribution in [0.4, 0.5) is 0 Å². The van der Waals surface area contributed by atoms with Crippen LogP contribution in [0, 0.1) is 0 Å². The lowest BCUT2D eigenvalue weighted by molar-refractivity contribution is -0.137. The van der Waals surface area contributed by atoms with Crippen LogP contribution in [0.2, 0.25) is 0 Å². The fourth-order valence-electron chi connectivity index (χ4n) is 2.30. The summed E-state index contributed by atoms with van der Waals surface area (Å²) >= 11 is 0. The molecule has 0 spiro atoms. The number of hydrogen-bond donors (Lipinski definition) is 2. The number of carbonyl (C=O) groups excluding carboxylic acids is 2. The maximum atomic E-state index is 12.4. The molecule has 2 N–H and O–H groups in total. The SMILES string of the molecule is CCONC(=O)[C@H]1CCCN1C(=O)c1ccccc1O. The van der Waals surface area contributed by atoms with Crippen molar-refractivity contribution in [2.24, 2.45) is 0 Å². The molecule has 6 nitrogen and oxygen atoms in total. The van der Waals surface area contributed by atoms with E-state index in [0.717, 1.165) is 6.42 Å². The number of benzene rings is 1. The standard InChI is InChI=1S/C14H18N2O4/c1-2-20-15-13(18)11-7-5-9-16(11)14(19)10-6-3-4-8-12(10)17/h3-4,6,8,11,17H,2,5,7,9H2,1H3,(H,15,18)/t11-/m1/s1. The Kier molecular flexibility index (Phi) is 4.57. The molecule has 1 fully saturated rings. The number of para-hydroxylation sites is 1. The van der Waals surface area contributed by atoms with E-state index >= 15 is 0 Å². The first kappa shape index (κ1) is 14.3. The second kappa shape index (κ2) is 6.38. The van der Waals surface area contributed by atoms with Gasteiger partial charge in [0.05, 0.1) is 12.2 Å². The average Bonchev–Trinajstić information content (AvgIpc) is 2.94. The summed E-state index contributed by atoms with van der Waals surface area (Å²) in [5.74, 6) is -0.737. The average molecular weight is 278 g/mol. The number of phenolic OH excluding ortho intramolecular Hbond substituents is 1. The van der Waals surface area contributed by atoms with Gasteiger partial charge in [0.15, 0.2) is 0 Å². The number of hydroxylamine groups is 1. The van der Waals surface area contributed by atoms with E-state index in [1.807, 2.05) is 0 Å². The molecule has 0 unspecified atom stereocenters. The molecule has 108 valence electrons. The number of aromatic hydroxyl groups is 1. The van der Waals surface area contributed by atoms with Crippen molar-refractivity contribution in [3.05, 3.63) is 29.8 Å². The Morgan fingerprint density at radius 3 is 2.90 bits per heavy atom. The maximum absolute atomic E-state index is 12.4. The van der Waals surface area contributed by atoms with Gasteiger partial charge >= 0.3 is 0 Å². The minimum atomic E-state index is -0.548. The van der Waals surface area contributed by atoms with Crippen molar-refractivity contribution in [3.8, 4) is 5.75 Å². The highest BCUT2D eigenvalue weighted by molar-refractivity contribution is 5.99. The molecule has 2 amide bonds. The Labute approximate surface area is 117 Å². The number of phenols is 1. The zero-order chi connectivity index (χ0) is 14.5. The molecule has 1 aliphatic rings. The van der Waals surface area contributed by atoms with E-state index in [-0.39, 0.29) is 23.1 Å². The number of nitrogens with one attached hydrogen (secondary N) is 1. The summed E-state index contributed by atoms with van der Waals surface area (Å²) in [6, 6.07) is 5.79. The van der Waals surface area contributed by atoms with Gasteiger partial charge in [0.25, 0.3) is 11.8 Å². The molecule has 1 saturated heterocycles. The van der Waals surface area contributed by atoms with Crippen molar-refractivity contribution < 1.29 is 19.5 Å².